The number of halogens is 1. The third-order valence-electron chi connectivity index (χ3n) is 5.13. The van der Waals surface area contributed by atoms with Crippen molar-refractivity contribution in [2.45, 2.75) is 13.0 Å². The van der Waals surface area contributed by atoms with Gasteiger partial charge in [0.25, 0.3) is 0 Å². The van der Waals surface area contributed by atoms with E-state index in [0.717, 1.165) is 24.2 Å². The van der Waals surface area contributed by atoms with Crippen LogP contribution in [0.3, 0.4) is 0 Å². The van der Waals surface area contributed by atoms with Crippen LogP contribution >= 0.6 is 0 Å². The summed E-state index contributed by atoms with van der Waals surface area (Å²) in [7, 11) is 1.58. The molecule has 6 nitrogen and oxygen atoms in total. The maximum atomic E-state index is 13.4. The lowest BCUT2D eigenvalue weighted by molar-refractivity contribution is -0.116. The number of carbonyl (C=O) groups is 1. The number of nitrogens with one attached hydrogen (secondary N) is 1. The highest BCUT2D eigenvalue weighted by molar-refractivity contribution is 5.91. The van der Waals surface area contributed by atoms with Crippen molar-refractivity contribution in [1.82, 2.24) is 10.2 Å². The Morgan fingerprint density at radius 3 is 2.61 bits per heavy atom. The van der Waals surface area contributed by atoms with Gasteiger partial charge in [-0.1, -0.05) is 18.2 Å². The third kappa shape index (κ3) is 6.54. The molecule has 0 aromatic heterocycles. The molecule has 0 radical (unpaired) electrons. The monoisotopic (exact) mass is 428 g/mol. The Morgan fingerprint density at radius 1 is 1.19 bits per heavy atom. The first-order valence-corrected chi connectivity index (χ1v) is 10.4. The van der Waals surface area contributed by atoms with Crippen LogP contribution in [-0.2, 0) is 9.53 Å². The van der Waals surface area contributed by atoms with Gasteiger partial charge in [0.2, 0.25) is 5.91 Å². The zero-order valence-corrected chi connectivity index (χ0v) is 18.0. The molecule has 1 fully saturated rings. The van der Waals surface area contributed by atoms with Crippen molar-refractivity contribution < 1.29 is 23.4 Å². The molecule has 1 unspecified atom stereocenters. The second-order valence-electron chi connectivity index (χ2n) is 7.14. The van der Waals surface area contributed by atoms with E-state index >= 15 is 0 Å². The van der Waals surface area contributed by atoms with E-state index < -0.39 is 0 Å². The molecule has 0 bridgehead atoms. The Bertz CT molecular complexity index is 880. The summed E-state index contributed by atoms with van der Waals surface area (Å²) >= 11 is 0. The summed E-state index contributed by atoms with van der Waals surface area (Å²) < 4.78 is 29.7. The van der Waals surface area contributed by atoms with Crippen molar-refractivity contribution >= 4 is 12.0 Å². The molecular formula is C24H29FN2O4. The van der Waals surface area contributed by atoms with E-state index in [0.29, 0.717) is 37.9 Å². The average Bonchev–Trinajstić information content (AvgIpc) is 2.80. The fourth-order valence-corrected chi connectivity index (χ4v) is 3.52. The molecular weight excluding hydrogens is 399 g/mol. The summed E-state index contributed by atoms with van der Waals surface area (Å²) in [5.41, 5.74) is 1.79. The first-order chi connectivity index (χ1) is 15.1. The largest absolute Gasteiger partial charge is 0.493 e. The second-order valence-corrected chi connectivity index (χ2v) is 7.14. The van der Waals surface area contributed by atoms with Crippen molar-refractivity contribution in [3.05, 3.63) is 65.5 Å². The standard InChI is InChI=1S/C24H29FN2O4/c1-3-31-22-10-4-18(16-23(22)29-2)5-11-24(28)26-17-21(27-12-14-30-15-13-27)19-6-8-20(25)9-7-19/h4-11,16,21H,3,12-15,17H2,1-2H3,(H,26,28)/b11-5+. The minimum atomic E-state index is -0.276. The molecule has 1 N–H and O–H groups in total. The highest BCUT2D eigenvalue weighted by Crippen LogP contribution is 2.28. The Balaban J connectivity index is 1.64. The van der Waals surface area contributed by atoms with Crippen LogP contribution in [0.4, 0.5) is 4.39 Å². The average molecular weight is 429 g/mol. The number of rotatable bonds is 9. The summed E-state index contributed by atoms with van der Waals surface area (Å²) in [6.07, 6.45) is 3.23. The van der Waals surface area contributed by atoms with Crippen LogP contribution in [0.2, 0.25) is 0 Å². The Morgan fingerprint density at radius 2 is 1.94 bits per heavy atom. The maximum absolute atomic E-state index is 13.4. The van der Waals surface area contributed by atoms with Gasteiger partial charge in [0.15, 0.2) is 11.5 Å². The van der Waals surface area contributed by atoms with Crippen molar-refractivity contribution in [2.75, 3.05) is 46.6 Å². The minimum absolute atomic E-state index is 0.0487. The number of nitrogens with zero attached hydrogens (tertiary/aromatic N) is 1. The molecule has 166 valence electrons. The van der Waals surface area contributed by atoms with Gasteiger partial charge in [-0.2, -0.15) is 0 Å². The molecule has 1 heterocycles. The van der Waals surface area contributed by atoms with Crippen molar-refractivity contribution in [3.63, 3.8) is 0 Å². The first-order valence-electron chi connectivity index (χ1n) is 10.4. The van der Waals surface area contributed by atoms with Crippen LogP contribution in [-0.4, -0.2) is 57.4 Å². The number of amides is 1. The number of ether oxygens (including phenoxy) is 3. The van der Waals surface area contributed by atoms with Crippen LogP contribution < -0.4 is 14.8 Å². The number of carbonyl (C=O) groups excluding carboxylic acids is 1. The molecule has 1 aliphatic heterocycles. The Kier molecular flexibility index (Phi) is 8.44. The maximum Gasteiger partial charge on any atom is 0.244 e. The normalized spacial score (nSPS) is 15.6. The second kappa shape index (κ2) is 11.5. The lowest BCUT2D eigenvalue weighted by atomic mass is 10.0. The Hall–Kier alpha value is -2.90. The fraction of sp³-hybridized carbons (Fsp3) is 0.375. The highest BCUT2D eigenvalue weighted by atomic mass is 19.1. The van der Waals surface area contributed by atoms with E-state index in [4.69, 9.17) is 14.2 Å². The molecule has 1 amide bonds. The van der Waals surface area contributed by atoms with Gasteiger partial charge < -0.3 is 19.5 Å². The lowest BCUT2D eigenvalue weighted by Crippen LogP contribution is -2.43. The van der Waals surface area contributed by atoms with E-state index in [9.17, 15) is 9.18 Å². The zero-order chi connectivity index (χ0) is 22.1. The van der Waals surface area contributed by atoms with Gasteiger partial charge in [0.1, 0.15) is 5.82 Å². The summed E-state index contributed by atoms with van der Waals surface area (Å²) in [6.45, 7) is 5.69. The minimum Gasteiger partial charge on any atom is -0.493 e. The molecule has 1 atom stereocenters. The van der Waals surface area contributed by atoms with Crippen molar-refractivity contribution in [2.24, 2.45) is 0 Å². The third-order valence-corrected chi connectivity index (χ3v) is 5.13. The van der Waals surface area contributed by atoms with Gasteiger partial charge in [-0.05, 0) is 48.4 Å². The molecule has 0 aliphatic carbocycles. The van der Waals surface area contributed by atoms with Crippen LogP contribution in [0.1, 0.15) is 24.1 Å². The fourth-order valence-electron chi connectivity index (χ4n) is 3.52. The molecule has 2 aromatic rings. The van der Waals surface area contributed by atoms with Crippen molar-refractivity contribution in [1.29, 1.82) is 0 Å². The number of methoxy groups -OCH3 is 1. The number of hydrogen-bond acceptors (Lipinski definition) is 5. The van der Waals surface area contributed by atoms with Gasteiger partial charge in [0, 0.05) is 25.7 Å². The highest BCUT2D eigenvalue weighted by Gasteiger charge is 2.23. The van der Waals surface area contributed by atoms with Crippen LogP contribution in [0.5, 0.6) is 11.5 Å². The molecule has 0 saturated carbocycles. The van der Waals surface area contributed by atoms with Crippen LogP contribution in [0, 0.1) is 5.82 Å². The summed E-state index contributed by atoms with van der Waals surface area (Å²) in [4.78, 5) is 14.7. The Labute approximate surface area is 182 Å². The van der Waals surface area contributed by atoms with E-state index in [1.54, 1.807) is 25.3 Å². The number of benzene rings is 2. The van der Waals surface area contributed by atoms with Crippen molar-refractivity contribution in [3.8, 4) is 11.5 Å². The summed E-state index contributed by atoms with van der Waals surface area (Å²) in [5, 5.41) is 2.97. The smallest absolute Gasteiger partial charge is 0.244 e. The molecule has 2 aromatic carbocycles. The molecule has 0 spiro atoms. The SMILES string of the molecule is CCOc1ccc(/C=C/C(=O)NCC(c2ccc(F)cc2)N2CCOCC2)cc1OC. The molecule has 31 heavy (non-hydrogen) atoms. The molecule has 7 heteroatoms. The van der Waals surface area contributed by atoms with Crippen LogP contribution in [0.25, 0.3) is 6.08 Å². The van der Waals surface area contributed by atoms with E-state index in [1.165, 1.54) is 18.2 Å². The lowest BCUT2D eigenvalue weighted by Gasteiger charge is -2.34. The number of morpholine rings is 1. The quantitative estimate of drug-likeness (QED) is 0.620. The van der Waals surface area contributed by atoms with Crippen LogP contribution in [0.15, 0.2) is 48.5 Å². The van der Waals surface area contributed by atoms with Gasteiger partial charge in [-0.3, -0.25) is 9.69 Å². The van der Waals surface area contributed by atoms with Gasteiger partial charge >= 0.3 is 0 Å². The first kappa shape index (κ1) is 22.8. The number of hydrogen-bond donors (Lipinski definition) is 1. The van der Waals surface area contributed by atoms with E-state index in [-0.39, 0.29) is 17.8 Å². The summed E-state index contributed by atoms with van der Waals surface area (Å²) in [5.74, 6) is 0.808. The zero-order valence-electron chi connectivity index (χ0n) is 18.0. The van der Waals surface area contributed by atoms with Gasteiger partial charge in [0.05, 0.1) is 33.0 Å². The van der Waals surface area contributed by atoms with E-state index in [1.807, 2.05) is 25.1 Å². The van der Waals surface area contributed by atoms with Gasteiger partial charge in [-0.15, -0.1) is 0 Å². The molecule has 1 saturated heterocycles. The predicted octanol–water partition coefficient (Wildman–Crippen LogP) is 3.44. The molecule has 3 rings (SSSR count). The van der Waals surface area contributed by atoms with E-state index in [2.05, 4.69) is 10.2 Å². The topological polar surface area (TPSA) is 60.0 Å². The van der Waals surface area contributed by atoms with Gasteiger partial charge in [-0.25, -0.2) is 4.39 Å². The summed E-state index contributed by atoms with van der Waals surface area (Å²) in [6, 6.07) is 11.9. The predicted molar refractivity (Wildman–Crippen MR) is 118 cm³/mol. The molecule has 1 aliphatic rings.